The highest BCUT2D eigenvalue weighted by Gasteiger charge is 2.05. The van der Waals surface area contributed by atoms with Crippen molar-refractivity contribution in [2.24, 2.45) is 0 Å². The first-order valence-corrected chi connectivity index (χ1v) is 7.11. The second kappa shape index (κ2) is 7.51. The van der Waals surface area contributed by atoms with Gasteiger partial charge in [-0.15, -0.1) is 0 Å². The van der Waals surface area contributed by atoms with Crippen LogP contribution in [-0.2, 0) is 6.54 Å². The molecule has 2 rings (SSSR count). The van der Waals surface area contributed by atoms with Gasteiger partial charge in [0.15, 0.2) is 5.11 Å². The largest absolute Gasteiger partial charge is 0.357 e. The Labute approximate surface area is 133 Å². The summed E-state index contributed by atoms with van der Waals surface area (Å²) < 4.78 is 12.8. The van der Waals surface area contributed by atoms with Crippen molar-refractivity contribution in [3.63, 3.8) is 0 Å². The van der Waals surface area contributed by atoms with Crippen molar-refractivity contribution >= 4 is 23.2 Å². The highest BCUT2D eigenvalue weighted by molar-refractivity contribution is 7.80. The molecule has 22 heavy (non-hydrogen) atoms. The second-order valence-corrected chi connectivity index (χ2v) is 5.16. The molecule has 3 N–H and O–H groups in total. The van der Waals surface area contributed by atoms with Gasteiger partial charge in [0.2, 0.25) is 0 Å². The molecule has 4 nitrogen and oxygen atoms in total. The van der Waals surface area contributed by atoms with Crippen LogP contribution in [0.2, 0.25) is 0 Å². The number of hydrazine groups is 1. The predicted molar refractivity (Wildman–Crippen MR) is 87.6 cm³/mol. The fourth-order valence-corrected chi connectivity index (χ4v) is 1.84. The molecule has 0 aromatic heterocycles. The molecule has 0 bridgehead atoms. The average molecular weight is 317 g/mol. The summed E-state index contributed by atoms with van der Waals surface area (Å²) in [4.78, 5) is 11.9. The number of benzene rings is 2. The second-order valence-electron chi connectivity index (χ2n) is 4.75. The third-order valence-electron chi connectivity index (χ3n) is 2.97. The molecule has 0 atom stereocenters. The Kier molecular flexibility index (Phi) is 5.43. The van der Waals surface area contributed by atoms with E-state index in [1.165, 1.54) is 12.1 Å². The van der Waals surface area contributed by atoms with E-state index >= 15 is 0 Å². The molecule has 0 unspecified atom stereocenters. The van der Waals surface area contributed by atoms with Crippen LogP contribution in [0.5, 0.6) is 0 Å². The fourth-order valence-electron chi connectivity index (χ4n) is 1.72. The minimum Gasteiger partial charge on any atom is -0.357 e. The molecule has 1 amide bonds. The molecule has 0 heterocycles. The van der Waals surface area contributed by atoms with Crippen molar-refractivity contribution in [1.29, 1.82) is 0 Å². The summed E-state index contributed by atoms with van der Waals surface area (Å²) in [7, 11) is 0. The van der Waals surface area contributed by atoms with E-state index in [1.54, 1.807) is 24.3 Å². The smallest absolute Gasteiger partial charge is 0.269 e. The first-order valence-electron chi connectivity index (χ1n) is 6.70. The quantitative estimate of drug-likeness (QED) is 0.601. The molecule has 0 aliphatic heterocycles. The Balaban J connectivity index is 1.76. The maximum atomic E-state index is 12.8. The van der Waals surface area contributed by atoms with Crippen LogP contribution < -0.4 is 16.2 Å². The zero-order valence-corrected chi connectivity index (χ0v) is 12.8. The summed E-state index contributed by atoms with van der Waals surface area (Å²) >= 11 is 5.06. The van der Waals surface area contributed by atoms with E-state index in [1.807, 2.05) is 19.1 Å². The Hall–Kier alpha value is -2.47. The zero-order valence-electron chi connectivity index (χ0n) is 12.0. The van der Waals surface area contributed by atoms with Crippen LogP contribution in [0.3, 0.4) is 0 Å². The number of hydrogen-bond acceptors (Lipinski definition) is 2. The van der Waals surface area contributed by atoms with Crippen LogP contribution in [-0.4, -0.2) is 11.0 Å². The zero-order chi connectivity index (χ0) is 15.9. The van der Waals surface area contributed by atoms with Gasteiger partial charge in [-0.25, -0.2) is 4.39 Å². The molecule has 114 valence electrons. The molecule has 2 aromatic rings. The Morgan fingerprint density at radius 3 is 2.32 bits per heavy atom. The minimum absolute atomic E-state index is 0.272. The van der Waals surface area contributed by atoms with Crippen molar-refractivity contribution in [2.45, 2.75) is 13.5 Å². The van der Waals surface area contributed by atoms with Crippen LogP contribution in [0.1, 0.15) is 21.5 Å². The lowest BCUT2D eigenvalue weighted by atomic mass is 10.1. The maximum absolute atomic E-state index is 12.8. The Morgan fingerprint density at radius 1 is 1.05 bits per heavy atom. The van der Waals surface area contributed by atoms with E-state index in [0.717, 1.165) is 11.1 Å². The number of carbonyl (C=O) groups is 1. The number of carbonyl (C=O) groups excluding carboxylic acids is 1. The first-order chi connectivity index (χ1) is 10.5. The SMILES string of the molecule is Cc1ccc(C(=O)NNC(=S)NCc2ccc(F)cc2)cc1. The lowest BCUT2D eigenvalue weighted by Crippen LogP contribution is -2.46. The average Bonchev–Trinajstić information content (AvgIpc) is 2.52. The van der Waals surface area contributed by atoms with Gasteiger partial charge >= 0.3 is 0 Å². The lowest BCUT2D eigenvalue weighted by Gasteiger charge is -2.11. The summed E-state index contributed by atoms with van der Waals surface area (Å²) in [5.41, 5.74) is 7.64. The highest BCUT2D eigenvalue weighted by Crippen LogP contribution is 2.03. The summed E-state index contributed by atoms with van der Waals surface area (Å²) in [6, 6.07) is 13.3. The number of aryl methyl sites for hydroxylation is 1. The first kappa shape index (κ1) is 15.9. The van der Waals surface area contributed by atoms with Crippen LogP contribution >= 0.6 is 12.2 Å². The molecule has 0 aliphatic carbocycles. The summed E-state index contributed by atoms with van der Waals surface area (Å²) in [6.07, 6.45) is 0. The number of hydrogen-bond donors (Lipinski definition) is 3. The molecule has 2 aromatic carbocycles. The molecular weight excluding hydrogens is 301 g/mol. The number of amides is 1. The third kappa shape index (κ3) is 4.82. The van der Waals surface area contributed by atoms with Gasteiger partial charge in [0.1, 0.15) is 5.82 Å². The van der Waals surface area contributed by atoms with Gasteiger partial charge in [0, 0.05) is 12.1 Å². The molecule has 0 saturated carbocycles. The normalized spacial score (nSPS) is 9.91. The summed E-state index contributed by atoms with van der Waals surface area (Å²) in [6.45, 7) is 2.39. The van der Waals surface area contributed by atoms with Gasteiger partial charge < -0.3 is 5.32 Å². The van der Waals surface area contributed by atoms with Crippen LogP contribution in [0, 0.1) is 12.7 Å². The number of nitrogens with one attached hydrogen (secondary N) is 3. The van der Waals surface area contributed by atoms with E-state index in [4.69, 9.17) is 12.2 Å². The fraction of sp³-hybridized carbons (Fsp3) is 0.125. The molecule has 0 radical (unpaired) electrons. The van der Waals surface area contributed by atoms with Crippen molar-refractivity contribution < 1.29 is 9.18 Å². The Bertz CT molecular complexity index is 656. The number of thiocarbonyl (C=S) groups is 1. The van der Waals surface area contributed by atoms with E-state index < -0.39 is 0 Å². The summed E-state index contributed by atoms with van der Waals surface area (Å²) in [5.74, 6) is -0.555. The standard InChI is InChI=1S/C16H16FN3OS/c1-11-2-6-13(7-3-11)15(21)19-20-16(22)18-10-12-4-8-14(17)9-5-12/h2-9H,10H2,1H3,(H,19,21)(H2,18,20,22). The highest BCUT2D eigenvalue weighted by atomic mass is 32.1. The number of halogens is 1. The topological polar surface area (TPSA) is 53.2 Å². The van der Waals surface area contributed by atoms with Crippen molar-refractivity contribution in [3.05, 3.63) is 71.0 Å². The minimum atomic E-state index is -0.283. The molecular formula is C16H16FN3OS. The molecule has 0 saturated heterocycles. The summed E-state index contributed by atoms with van der Waals surface area (Å²) in [5, 5.41) is 3.20. The van der Waals surface area contributed by atoms with Crippen molar-refractivity contribution in [1.82, 2.24) is 16.2 Å². The Morgan fingerprint density at radius 2 is 1.68 bits per heavy atom. The predicted octanol–water partition coefficient (Wildman–Crippen LogP) is 2.44. The van der Waals surface area contributed by atoms with Crippen LogP contribution in [0.4, 0.5) is 4.39 Å². The lowest BCUT2D eigenvalue weighted by molar-refractivity contribution is 0.0943. The van der Waals surface area contributed by atoms with Gasteiger partial charge in [0.05, 0.1) is 0 Å². The molecule has 6 heteroatoms. The van der Waals surface area contributed by atoms with E-state index in [0.29, 0.717) is 12.1 Å². The third-order valence-corrected chi connectivity index (χ3v) is 3.22. The van der Waals surface area contributed by atoms with E-state index in [2.05, 4.69) is 16.2 Å². The monoisotopic (exact) mass is 317 g/mol. The number of rotatable bonds is 3. The van der Waals surface area contributed by atoms with Gasteiger partial charge in [-0.1, -0.05) is 29.8 Å². The van der Waals surface area contributed by atoms with E-state index in [-0.39, 0.29) is 16.8 Å². The molecule has 0 fully saturated rings. The van der Waals surface area contributed by atoms with Crippen molar-refractivity contribution in [3.8, 4) is 0 Å². The van der Waals surface area contributed by atoms with Gasteiger partial charge in [-0.3, -0.25) is 15.6 Å². The van der Waals surface area contributed by atoms with Crippen molar-refractivity contribution in [2.75, 3.05) is 0 Å². The van der Waals surface area contributed by atoms with Gasteiger partial charge in [0.25, 0.3) is 5.91 Å². The van der Waals surface area contributed by atoms with E-state index in [9.17, 15) is 9.18 Å². The van der Waals surface area contributed by atoms with Crippen LogP contribution in [0.25, 0.3) is 0 Å². The molecule has 0 spiro atoms. The maximum Gasteiger partial charge on any atom is 0.269 e. The molecule has 0 aliphatic rings. The van der Waals surface area contributed by atoms with Gasteiger partial charge in [-0.2, -0.15) is 0 Å². The van der Waals surface area contributed by atoms with Crippen LogP contribution in [0.15, 0.2) is 48.5 Å². The van der Waals surface area contributed by atoms with Gasteiger partial charge in [-0.05, 0) is 49.0 Å².